The number of fused-ring (bicyclic) bond motifs is 4. The summed E-state index contributed by atoms with van der Waals surface area (Å²) in [5.74, 6) is -13.5. The fraction of sp³-hybridized carbons (Fsp3) is 0. The molecule has 0 fully saturated rings. The summed E-state index contributed by atoms with van der Waals surface area (Å²) in [6, 6.07) is 9.75. The third-order valence-electron chi connectivity index (χ3n) is 7.98. The molecule has 0 aliphatic carbocycles. The van der Waals surface area contributed by atoms with E-state index in [0.717, 1.165) is 60.7 Å². The molecule has 6 aromatic carbocycles. The van der Waals surface area contributed by atoms with Crippen LogP contribution in [0.2, 0.25) is 0 Å². The van der Waals surface area contributed by atoms with Gasteiger partial charge < -0.3 is 89.7 Å². The van der Waals surface area contributed by atoms with Crippen molar-refractivity contribution in [3.05, 3.63) is 60.7 Å². The number of aromatic hydroxyl groups is 12. The molecule has 274 valence electrons. The van der Waals surface area contributed by atoms with Gasteiger partial charge in [-0.3, -0.25) is 0 Å². The van der Waals surface area contributed by atoms with Crippen molar-refractivity contribution in [2.75, 3.05) is 0 Å². The van der Waals surface area contributed by atoms with Crippen molar-refractivity contribution in [2.45, 2.75) is 0 Å². The molecule has 18 heteroatoms. The van der Waals surface area contributed by atoms with Crippen molar-refractivity contribution in [3.63, 3.8) is 0 Å². The Labute approximate surface area is 299 Å². The number of ether oxygens (including phenoxy) is 6. The van der Waals surface area contributed by atoms with Crippen molar-refractivity contribution < 1.29 is 89.7 Å². The first kappa shape index (κ1) is 32.9. The zero-order chi connectivity index (χ0) is 38.3. The molecule has 0 bridgehead atoms. The predicted molar refractivity (Wildman–Crippen MR) is 178 cm³/mol. The molecule has 12 N–H and O–H groups in total. The first-order valence-corrected chi connectivity index (χ1v) is 15.2. The highest BCUT2D eigenvalue weighted by Crippen LogP contribution is 2.66. The van der Waals surface area contributed by atoms with Crippen LogP contribution in [-0.4, -0.2) is 61.3 Å². The van der Waals surface area contributed by atoms with Gasteiger partial charge in [-0.15, -0.1) is 0 Å². The Balaban J connectivity index is 1.22. The molecule has 0 amide bonds. The van der Waals surface area contributed by atoms with Gasteiger partial charge in [0.15, 0.2) is 46.0 Å². The third kappa shape index (κ3) is 5.21. The molecule has 0 saturated carbocycles. The van der Waals surface area contributed by atoms with Crippen LogP contribution in [0.15, 0.2) is 60.7 Å². The molecule has 2 aliphatic heterocycles. The lowest BCUT2D eigenvalue weighted by Gasteiger charge is -2.27. The lowest BCUT2D eigenvalue weighted by atomic mass is 9.98. The summed E-state index contributed by atoms with van der Waals surface area (Å²) >= 11 is 0. The third-order valence-corrected chi connectivity index (χ3v) is 7.98. The van der Waals surface area contributed by atoms with Gasteiger partial charge in [-0.25, -0.2) is 0 Å². The summed E-state index contributed by atoms with van der Waals surface area (Å²) in [4.78, 5) is 0. The van der Waals surface area contributed by atoms with Crippen molar-refractivity contribution in [1.29, 1.82) is 0 Å². The second-order valence-electron chi connectivity index (χ2n) is 11.7. The minimum Gasteiger partial charge on any atom is -0.508 e. The molecular formula is C36H22O18. The summed E-state index contributed by atoms with van der Waals surface area (Å²) in [5, 5.41) is 127. The van der Waals surface area contributed by atoms with Crippen molar-refractivity contribution in [2.24, 2.45) is 0 Å². The summed E-state index contributed by atoms with van der Waals surface area (Å²) in [6.07, 6.45) is 0. The maximum absolute atomic E-state index is 11.5. The monoisotopic (exact) mass is 742 g/mol. The second-order valence-corrected chi connectivity index (χ2v) is 11.7. The number of rotatable bonds is 5. The van der Waals surface area contributed by atoms with Gasteiger partial charge in [-0.05, 0) is 0 Å². The van der Waals surface area contributed by atoms with E-state index in [2.05, 4.69) is 0 Å². The number of phenols is 12. The molecule has 8 rings (SSSR count). The van der Waals surface area contributed by atoms with Gasteiger partial charge in [0.05, 0.1) is 11.1 Å². The molecular weight excluding hydrogens is 720 g/mol. The zero-order valence-corrected chi connectivity index (χ0v) is 26.6. The van der Waals surface area contributed by atoms with E-state index in [9.17, 15) is 61.3 Å². The summed E-state index contributed by atoms with van der Waals surface area (Å²) in [6.45, 7) is 0. The van der Waals surface area contributed by atoms with Crippen LogP contribution < -0.4 is 28.4 Å². The van der Waals surface area contributed by atoms with Crippen molar-refractivity contribution in [3.8, 4) is 149 Å². The largest absolute Gasteiger partial charge is 0.508 e. The topological polar surface area (TPSA) is 298 Å². The average Bonchev–Trinajstić information content (AvgIpc) is 3.08. The lowest BCUT2D eigenvalue weighted by molar-refractivity contribution is 0.297. The first-order valence-electron chi connectivity index (χ1n) is 15.2. The van der Waals surface area contributed by atoms with Crippen molar-refractivity contribution >= 4 is 0 Å². The van der Waals surface area contributed by atoms with E-state index in [1.807, 2.05) is 0 Å². The van der Waals surface area contributed by atoms with E-state index >= 15 is 0 Å². The smallest absolute Gasteiger partial charge is 0.220 e. The normalized spacial score (nSPS) is 12.1. The number of hydrogen-bond acceptors (Lipinski definition) is 18. The van der Waals surface area contributed by atoms with E-state index in [4.69, 9.17) is 28.4 Å². The van der Waals surface area contributed by atoms with Gasteiger partial charge in [-0.2, -0.15) is 0 Å². The molecule has 54 heavy (non-hydrogen) atoms. The van der Waals surface area contributed by atoms with Gasteiger partial charge in [0.25, 0.3) is 0 Å². The Morgan fingerprint density at radius 2 is 0.667 bits per heavy atom. The van der Waals surface area contributed by atoms with Crippen LogP contribution in [0, 0.1) is 0 Å². The van der Waals surface area contributed by atoms with Crippen LogP contribution in [-0.2, 0) is 0 Å². The molecule has 18 nitrogen and oxygen atoms in total. The number of benzene rings is 6. The SMILES string of the molecule is Oc1cc(O)cc(Oc2c(O)cc(O)c3c2Oc2c(cc(O)c(-c4c(O)cc5c(c4O)Oc4c(Oc6cc(O)cc(O)c6)c(O)cc(O)c4O5)c2O)O3)c1. The number of phenolic OH excluding ortho intramolecular Hbond substituents is 12. The maximum atomic E-state index is 11.5. The molecule has 0 atom stereocenters. The maximum Gasteiger partial charge on any atom is 0.220 e. The van der Waals surface area contributed by atoms with Crippen molar-refractivity contribution in [1.82, 2.24) is 0 Å². The molecule has 2 heterocycles. The summed E-state index contributed by atoms with van der Waals surface area (Å²) in [7, 11) is 0. The summed E-state index contributed by atoms with van der Waals surface area (Å²) < 4.78 is 34.3. The van der Waals surface area contributed by atoms with E-state index in [0.29, 0.717) is 0 Å². The fourth-order valence-corrected chi connectivity index (χ4v) is 5.75. The summed E-state index contributed by atoms with van der Waals surface area (Å²) in [5.41, 5.74) is -1.36. The van der Waals surface area contributed by atoms with E-state index < -0.39 is 138 Å². The predicted octanol–water partition coefficient (Wildman–Crippen LogP) is 7.20. The Morgan fingerprint density at radius 3 is 1.02 bits per heavy atom. The highest BCUT2D eigenvalue weighted by molar-refractivity contribution is 5.92. The Morgan fingerprint density at radius 1 is 0.315 bits per heavy atom. The second kappa shape index (κ2) is 11.6. The minimum atomic E-state index is -0.981. The van der Waals surface area contributed by atoms with Crippen LogP contribution in [0.25, 0.3) is 11.1 Å². The zero-order valence-electron chi connectivity index (χ0n) is 26.6. The molecule has 0 unspecified atom stereocenters. The van der Waals surface area contributed by atoms with E-state index in [1.54, 1.807) is 0 Å². The van der Waals surface area contributed by atoms with Crippen LogP contribution >= 0.6 is 0 Å². The highest BCUT2D eigenvalue weighted by Gasteiger charge is 2.38. The van der Waals surface area contributed by atoms with Crippen LogP contribution in [0.5, 0.6) is 138 Å². The Kier molecular flexibility index (Phi) is 7.09. The Bertz CT molecular complexity index is 2380. The van der Waals surface area contributed by atoms with Gasteiger partial charge in [0.1, 0.15) is 46.0 Å². The average molecular weight is 743 g/mol. The molecule has 0 saturated heterocycles. The van der Waals surface area contributed by atoms with Gasteiger partial charge >= 0.3 is 0 Å². The first-order chi connectivity index (χ1) is 25.7. The van der Waals surface area contributed by atoms with Crippen LogP contribution in [0.3, 0.4) is 0 Å². The molecule has 2 aliphatic rings. The lowest BCUT2D eigenvalue weighted by Crippen LogP contribution is -2.04. The highest BCUT2D eigenvalue weighted by atomic mass is 16.6. The van der Waals surface area contributed by atoms with E-state index in [-0.39, 0.29) is 11.5 Å². The minimum absolute atomic E-state index is 0.205. The molecule has 6 aromatic rings. The molecule has 0 aromatic heterocycles. The Hall–Kier alpha value is -8.28. The standard InChI is InChI=1S/C36H22O18/c37-11-1-12(38)4-15(3-11)49-29-19(43)7-21(45)31-35(29)53-33-23(51-31)9-17(41)25(27(33)47)26-18(42)10-24-34(28(26)48)54-36-30(20(44)8-22(46)32(36)52-24)50-16-5-13(39)2-14(40)6-16/h1-10,37-48H. The number of hydrogen-bond donors (Lipinski definition) is 12. The van der Waals surface area contributed by atoms with E-state index in [1.165, 1.54) is 0 Å². The van der Waals surface area contributed by atoms with Gasteiger partial charge in [-0.1, -0.05) is 0 Å². The van der Waals surface area contributed by atoms with Gasteiger partial charge in [0.2, 0.25) is 46.0 Å². The van der Waals surface area contributed by atoms with Crippen LogP contribution in [0.4, 0.5) is 0 Å². The van der Waals surface area contributed by atoms with Gasteiger partial charge in [0, 0.05) is 60.7 Å². The molecule has 0 radical (unpaired) electrons. The quantitative estimate of drug-likeness (QED) is 0.0829. The fourth-order valence-electron chi connectivity index (χ4n) is 5.75. The van der Waals surface area contributed by atoms with Crippen LogP contribution in [0.1, 0.15) is 0 Å². The molecule has 0 spiro atoms.